The van der Waals surface area contributed by atoms with Gasteiger partial charge in [0.25, 0.3) is 0 Å². The van der Waals surface area contributed by atoms with E-state index < -0.39 is 11.6 Å². The topological polar surface area (TPSA) is 62.7 Å². The van der Waals surface area contributed by atoms with E-state index in [9.17, 15) is 13.2 Å². The average Bonchev–Trinajstić information content (AvgIpc) is 2.53. The van der Waals surface area contributed by atoms with Crippen LogP contribution in [0.1, 0.15) is 0 Å². The van der Waals surface area contributed by atoms with Crippen molar-refractivity contribution in [3.8, 4) is 0 Å². The van der Waals surface area contributed by atoms with Gasteiger partial charge in [-0.3, -0.25) is 0 Å². The molecule has 0 aliphatic carbocycles. The van der Waals surface area contributed by atoms with Crippen molar-refractivity contribution in [1.82, 2.24) is 15.2 Å². The molecule has 23 heavy (non-hydrogen) atoms. The highest BCUT2D eigenvalue weighted by atomic mass is 19.1. The molecule has 0 fully saturated rings. The number of rotatable bonds is 4. The van der Waals surface area contributed by atoms with E-state index in [2.05, 4.69) is 25.8 Å². The zero-order valence-electron chi connectivity index (χ0n) is 11.6. The van der Waals surface area contributed by atoms with E-state index in [1.165, 1.54) is 36.5 Å². The largest absolute Gasteiger partial charge is 0.339 e. The molecule has 0 unspecified atom stereocenters. The van der Waals surface area contributed by atoms with Crippen LogP contribution in [-0.4, -0.2) is 15.2 Å². The zero-order valence-corrected chi connectivity index (χ0v) is 11.6. The van der Waals surface area contributed by atoms with Gasteiger partial charge in [-0.25, -0.2) is 13.2 Å². The van der Waals surface area contributed by atoms with Gasteiger partial charge in [-0.15, -0.1) is 5.10 Å². The Morgan fingerprint density at radius 2 is 1.57 bits per heavy atom. The number of halogens is 3. The third-order valence-electron chi connectivity index (χ3n) is 2.85. The Hall–Kier alpha value is -3.16. The maximum atomic E-state index is 13.6. The van der Waals surface area contributed by atoms with E-state index in [0.29, 0.717) is 11.5 Å². The predicted octanol–water partition coefficient (Wildman–Crippen LogP) is 3.78. The highest BCUT2D eigenvalue weighted by molar-refractivity contribution is 5.58. The van der Waals surface area contributed by atoms with Gasteiger partial charge in [0.2, 0.25) is 5.95 Å². The molecular formula is C15H10F3N5. The van der Waals surface area contributed by atoms with Gasteiger partial charge < -0.3 is 10.6 Å². The van der Waals surface area contributed by atoms with Crippen LogP contribution in [0.15, 0.2) is 48.7 Å². The smallest absolute Gasteiger partial charge is 0.249 e. The van der Waals surface area contributed by atoms with Gasteiger partial charge in [0.1, 0.15) is 17.5 Å². The molecule has 0 spiro atoms. The lowest BCUT2D eigenvalue weighted by Gasteiger charge is -2.08. The second kappa shape index (κ2) is 6.30. The van der Waals surface area contributed by atoms with Crippen LogP contribution in [0.4, 0.5) is 36.3 Å². The molecule has 0 saturated heterocycles. The third-order valence-corrected chi connectivity index (χ3v) is 2.85. The minimum Gasteiger partial charge on any atom is -0.339 e. The number of anilines is 4. The van der Waals surface area contributed by atoms with Gasteiger partial charge in [-0.05, 0) is 36.4 Å². The highest BCUT2D eigenvalue weighted by Gasteiger charge is 2.07. The highest BCUT2D eigenvalue weighted by Crippen LogP contribution is 2.20. The fourth-order valence-electron chi connectivity index (χ4n) is 1.81. The summed E-state index contributed by atoms with van der Waals surface area (Å²) in [5.41, 5.74) is 0.623. The van der Waals surface area contributed by atoms with Crippen LogP contribution in [0.5, 0.6) is 0 Å². The number of nitrogens with zero attached hydrogens (tertiary/aromatic N) is 3. The normalized spacial score (nSPS) is 10.4. The molecule has 2 aromatic carbocycles. The number of nitrogens with one attached hydrogen (secondary N) is 2. The molecular weight excluding hydrogens is 307 g/mol. The second-order valence-electron chi connectivity index (χ2n) is 4.55. The van der Waals surface area contributed by atoms with Crippen LogP contribution >= 0.6 is 0 Å². The quantitative estimate of drug-likeness (QED) is 0.767. The summed E-state index contributed by atoms with van der Waals surface area (Å²) in [6.45, 7) is 0. The number of hydrogen-bond acceptors (Lipinski definition) is 5. The van der Waals surface area contributed by atoms with Gasteiger partial charge in [0.05, 0.1) is 11.9 Å². The van der Waals surface area contributed by atoms with E-state index in [4.69, 9.17) is 0 Å². The lowest BCUT2D eigenvalue weighted by molar-refractivity contribution is 0.586. The van der Waals surface area contributed by atoms with Crippen molar-refractivity contribution in [1.29, 1.82) is 0 Å². The van der Waals surface area contributed by atoms with Gasteiger partial charge in [-0.2, -0.15) is 10.1 Å². The van der Waals surface area contributed by atoms with Crippen LogP contribution in [0.2, 0.25) is 0 Å². The van der Waals surface area contributed by atoms with Crippen LogP contribution < -0.4 is 10.6 Å². The Labute approximate surface area is 129 Å². The first-order chi connectivity index (χ1) is 11.1. The van der Waals surface area contributed by atoms with Gasteiger partial charge >= 0.3 is 0 Å². The van der Waals surface area contributed by atoms with Crippen molar-refractivity contribution < 1.29 is 13.2 Å². The lowest BCUT2D eigenvalue weighted by Crippen LogP contribution is -2.03. The minimum absolute atomic E-state index is 0.0205. The van der Waals surface area contributed by atoms with E-state index >= 15 is 0 Å². The second-order valence-corrected chi connectivity index (χ2v) is 4.55. The summed E-state index contributed by atoms with van der Waals surface area (Å²) >= 11 is 0. The van der Waals surface area contributed by atoms with Crippen molar-refractivity contribution in [2.75, 3.05) is 10.6 Å². The Morgan fingerprint density at radius 3 is 2.30 bits per heavy atom. The van der Waals surface area contributed by atoms with E-state index in [1.54, 1.807) is 0 Å². The molecule has 0 radical (unpaired) electrons. The molecule has 8 heteroatoms. The summed E-state index contributed by atoms with van der Waals surface area (Å²) < 4.78 is 39.3. The first kappa shape index (κ1) is 14.8. The molecule has 0 saturated carbocycles. The first-order valence-electron chi connectivity index (χ1n) is 6.54. The van der Waals surface area contributed by atoms with Crippen molar-refractivity contribution in [2.24, 2.45) is 0 Å². The molecule has 1 heterocycles. The lowest BCUT2D eigenvalue weighted by atomic mass is 10.3. The molecule has 0 aliphatic heterocycles. The van der Waals surface area contributed by atoms with Gasteiger partial charge in [0, 0.05) is 11.8 Å². The average molecular weight is 317 g/mol. The molecule has 116 valence electrons. The van der Waals surface area contributed by atoms with Crippen LogP contribution in [0.3, 0.4) is 0 Å². The fourth-order valence-corrected chi connectivity index (χ4v) is 1.81. The van der Waals surface area contributed by atoms with Crippen molar-refractivity contribution in [3.05, 3.63) is 66.1 Å². The molecule has 1 aromatic heterocycles. The van der Waals surface area contributed by atoms with E-state index in [1.807, 2.05) is 0 Å². The standard InChI is InChI=1S/C15H10F3N5/c16-9-1-4-11(5-2-9)20-14-8-19-23-15(22-14)21-13-6-3-10(17)7-12(13)18/h1-8H,(H2,20,21,22,23). The summed E-state index contributed by atoms with van der Waals surface area (Å²) in [4.78, 5) is 4.10. The maximum Gasteiger partial charge on any atom is 0.249 e. The summed E-state index contributed by atoms with van der Waals surface area (Å²) in [6.07, 6.45) is 1.36. The molecule has 3 aromatic rings. The van der Waals surface area contributed by atoms with E-state index in [0.717, 1.165) is 12.1 Å². The number of benzene rings is 2. The van der Waals surface area contributed by atoms with Crippen molar-refractivity contribution in [3.63, 3.8) is 0 Å². The monoisotopic (exact) mass is 317 g/mol. The maximum absolute atomic E-state index is 13.6. The van der Waals surface area contributed by atoms with Gasteiger partial charge in [0.15, 0.2) is 5.82 Å². The third kappa shape index (κ3) is 3.73. The van der Waals surface area contributed by atoms with Crippen molar-refractivity contribution in [2.45, 2.75) is 0 Å². The molecule has 5 nitrogen and oxygen atoms in total. The molecule has 3 rings (SSSR count). The minimum atomic E-state index is -0.773. The fraction of sp³-hybridized carbons (Fsp3) is 0. The Balaban J connectivity index is 1.78. The summed E-state index contributed by atoms with van der Waals surface area (Å²) in [5.74, 6) is -1.45. The number of hydrogen-bond donors (Lipinski definition) is 2. The Bertz CT molecular complexity index is 824. The van der Waals surface area contributed by atoms with E-state index in [-0.39, 0.29) is 17.5 Å². The molecule has 0 bridgehead atoms. The Morgan fingerprint density at radius 1 is 0.826 bits per heavy atom. The molecule has 0 amide bonds. The summed E-state index contributed by atoms with van der Waals surface area (Å²) in [6, 6.07) is 8.74. The van der Waals surface area contributed by atoms with Crippen molar-refractivity contribution >= 4 is 23.1 Å². The number of aromatic nitrogens is 3. The summed E-state index contributed by atoms with van der Waals surface area (Å²) in [5, 5.41) is 13.0. The molecule has 0 atom stereocenters. The van der Waals surface area contributed by atoms with Crippen LogP contribution in [0.25, 0.3) is 0 Å². The van der Waals surface area contributed by atoms with Crippen LogP contribution in [0, 0.1) is 17.5 Å². The zero-order chi connectivity index (χ0) is 16.2. The molecule has 2 N–H and O–H groups in total. The van der Waals surface area contributed by atoms with Crippen LogP contribution in [-0.2, 0) is 0 Å². The summed E-state index contributed by atoms with van der Waals surface area (Å²) in [7, 11) is 0. The SMILES string of the molecule is Fc1ccc(Nc2cnnc(Nc3ccc(F)cc3F)n2)cc1. The molecule has 0 aliphatic rings. The first-order valence-corrected chi connectivity index (χ1v) is 6.54. The van der Waals surface area contributed by atoms with Gasteiger partial charge in [-0.1, -0.05) is 0 Å². The Kier molecular flexibility index (Phi) is 4.05. The predicted molar refractivity (Wildman–Crippen MR) is 79.2 cm³/mol.